The molecule has 0 aliphatic heterocycles. The van der Waals surface area contributed by atoms with Gasteiger partial charge >= 0.3 is 5.97 Å². The molecule has 3 nitrogen and oxygen atoms in total. The van der Waals surface area contributed by atoms with Gasteiger partial charge in [0.2, 0.25) is 0 Å². The molecule has 0 unspecified atom stereocenters. The van der Waals surface area contributed by atoms with E-state index in [-0.39, 0.29) is 0 Å². The Kier molecular flexibility index (Phi) is 1.54. The molecule has 14 heavy (non-hydrogen) atoms. The van der Waals surface area contributed by atoms with Gasteiger partial charge in [0.1, 0.15) is 5.41 Å². The predicted octanol–water partition coefficient (Wildman–Crippen LogP) is 2.14. The maximum absolute atomic E-state index is 11.2. The number of carboxylic acid groups (broad SMARTS) is 1. The van der Waals surface area contributed by atoms with Crippen molar-refractivity contribution >= 4 is 17.3 Å². The minimum Gasteiger partial charge on any atom is -0.481 e. The second-order valence-corrected chi connectivity index (χ2v) is 5.08. The van der Waals surface area contributed by atoms with Crippen LogP contribution < -0.4 is 0 Å². The van der Waals surface area contributed by atoms with Gasteiger partial charge in [-0.1, -0.05) is 0 Å². The first-order chi connectivity index (χ1) is 6.74. The molecular weight excluding hydrogens is 198 g/mol. The van der Waals surface area contributed by atoms with E-state index in [0.717, 1.165) is 23.4 Å². The van der Waals surface area contributed by atoms with Crippen LogP contribution in [0.15, 0.2) is 5.51 Å². The summed E-state index contributed by atoms with van der Waals surface area (Å²) in [7, 11) is 0. The lowest BCUT2D eigenvalue weighted by Gasteiger charge is -2.08. The normalized spacial score (nSPS) is 23.4. The average Bonchev–Trinajstić information content (AvgIpc) is 3.06. The number of hydrogen-bond acceptors (Lipinski definition) is 3. The van der Waals surface area contributed by atoms with Gasteiger partial charge in [-0.2, -0.15) is 0 Å². The molecule has 1 aromatic rings. The maximum atomic E-state index is 11.2. The van der Waals surface area contributed by atoms with Crippen LogP contribution >= 0.6 is 11.3 Å². The second-order valence-electron chi connectivity index (χ2n) is 4.23. The van der Waals surface area contributed by atoms with Gasteiger partial charge in [-0.05, 0) is 25.7 Å². The van der Waals surface area contributed by atoms with Gasteiger partial charge in [0, 0.05) is 10.8 Å². The molecule has 0 aromatic carbocycles. The van der Waals surface area contributed by atoms with Crippen molar-refractivity contribution in [2.24, 2.45) is 0 Å². The fourth-order valence-electron chi connectivity index (χ4n) is 1.92. The summed E-state index contributed by atoms with van der Waals surface area (Å²) in [5.41, 5.74) is 2.33. The third-order valence-corrected chi connectivity index (χ3v) is 4.20. The van der Waals surface area contributed by atoms with E-state index in [0.29, 0.717) is 5.92 Å². The summed E-state index contributed by atoms with van der Waals surface area (Å²) in [4.78, 5) is 16.5. The molecule has 0 amide bonds. The Morgan fingerprint density at radius 2 is 2.29 bits per heavy atom. The SMILES string of the molecule is O=C(O)C1(c2scnc2C2CC2)CC1. The Labute approximate surface area is 85.8 Å². The number of thiazole rings is 1. The molecule has 1 N–H and O–H groups in total. The van der Waals surface area contributed by atoms with E-state index >= 15 is 0 Å². The van der Waals surface area contributed by atoms with E-state index < -0.39 is 11.4 Å². The highest BCUT2D eigenvalue weighted by molar-refractivity contribution is 7.10. The first-order valence-corrected chi connectivity index (χ1v) is 5.79. The smallest absolute Gasteiger partial charge is 0.315 e. The number of carbonyl (C=O) groups is 1. The Bertz CT molecular complexity index is 391. The zero-order valence-corrected chi connectivity index (χ0v) is 8.51. The Hall–Kier alpha value is -0.900. The quantitative estimate of drug-likeness (QED) is 0.829. The monoisotopic (exact) mass is 209 g/mol. The number of rotatable bonds is 3. The van der Waals surface area contributed by atoms with E-state index in [9.17, 15) is 9.90 Å². The van der Waals surface area contributed by atoms with Crippen molar-refractivity contribution in [3.8, 4) is 0 Å². The lowest BCUT2D eigenvalue weighted by molar-refractivity contribution is -0.139. The highest BCUT2D eigenvalue weighted by atomic mass is 32.1. The van der Waals surface area contributed by atoms with Crippen LogP contribution in [0, 0.1) is 0 Å². The van der Waals surface area contributed by atoms with Crippen molar-refractivity contribution in [1.82, 2.24) is 4.98 Å². The number of aromatic nitrogens is 1. The summed E-state index contributed by atoms with van der Waals surface area (Å²) in [6.45, 7) is 0. The van der Waals surface area contributed by atoms with Gasteiger partial charge in [-0.15, -0.1) is 11.3 Å². The van der Waals surface area contributed by atoms with Crippen molar-refractivity contribution in [3.05, 3.63) is 16.1 Å². The lowest BCUT2D eigenvalue weighted by atomic mass is 10.0. The lowest BCUT2D eigenvalue weighted by Crippen LogP contribution is -2.19. The van der Waals surface area contributed by atoms with Gasteiger partial charge in [0.05, 0.1) is 11.2 Å². The molecule has 0 saturated heterocycles. The molecule has 3 rings (SSSR count). The number of carboxylic acids is 1. The van der Waals surface area contributed by atoms with E-state index in [2.05, 4.69) is 4.98 Å². The van der Waals surface area contributed by atoms with Crippen molar-refractivity contribution < 1.29 is 9.90 Å². The van der Waals surface area contributed by atoms with Crippen LogP contribution in [0.25, 0.3) is 0 Å². The number of aliphatic carboxylic acids is 1. The second kappa shape index (κ2) is 2.57. The number of nitrogens with zero attached hydrogens (tertiary/aromatic N) is 1. The zero-order chi connectivity index (χ0) is 9.76. The van der Waals surface area contributed by atoms with E-state index in [1.165, 1.54) is 24.2 Å². The van der Waals surface area contributed by atoms with E-state index in [1.54, 1.807) is 5.51 Å². The van der Waals surface area contributed by atoms with Crippen LogP contribution in [0.4, 0.5) is 0 Å². The molecule has 0 radical (unpaired) electrons. The van der Waals surface area contributed by atoms with E-state index in [4.69, 9.17) is 0 Å². The van der Waals surface area contributed by atoms with Gasteiger partial charge in [-0.25, -0.2) is 4.98 Å². The third kappa shape index (κ3) is 1.03. The molecule has 0 bridgehead atoms. The first kappa shape index (κ1) is 8.41. The van der Waals surface area contributed by atoms with Crippen molar-refractivity contribution in [1.29, 1.82) is 0 Å². The Morgan fingerprint density at radius 1 is 1.57 bits per heavy atom. The Balaban J connectivity index is 2.03. The largest absolute Gasteiger partial charge is 0.481 e. The van der Waals surface area contributed by atoms with Crippen LogP contribution in [-0.2, 0) is 10.2 Å². The summed E-state index contributed by atoms with van der Waals surface area (Å²) in [5, 5.41) is 9.18. The molecule has 0 spiro atoms. The number of hydrogen-bond donors (Lipinski definition) is 1. The van der Waals surface area contributed by atoms with Crippen molar-refractivity contribution in [3.63, 3.8) is 0 Å². The molecule has 0 atom stereocenters. The average molecular weight is 209 g/mol. The molecule has 1 heterocycles. The van der Waals surface area contributed by atoms with Gasteiger partial charge in [0.25, 0.3) is 0 Å². The molecular formula is C10H11NO2S. The molecule has 2 fully saturated rings. The zero-order valence-electron chi connectivity index (χ0n) is 7.69. The summed E-state index contributed by atoms with van der Waals surface area (Å²) in [6, 6.07) is 0. The highest BCUT2D eigenvalue weighted by Crippen LogP contribution is 2.54. The third-order valence-electron chi connectivity index (χ3n) is 3.15. The summed E-state index contributed by atoms with van der Waals surface area (Å²) < 4.78 is 0. The van der Waals surface area contributed by atoms with Gasteiger partial charge < -0.3 is 5.11 Å². The van der Waals surface area contributed by atoms with Gasteiger partial charge in [-0.3, -0.25) is 4.79 Å². The van der Waals surface area contributed by atoms with Crippen molar-refractivity contribution in [2.45, 2.75) is 37.0 Å². The topological polar surface area (TPSA) is 50.2 Å². The molecule has 4 heteroatoms. The molecule has 2 saturated carbocycles. The molecule has 1 aromatic heterocycles. The minimum absolute atomic E-state index is 0.543. The van der Waals surface area contributed by atoms with Crippen LogP contribution in [0.3, 0.4) is 0 Å². The molecule has 74 valence electrons. The van der Waals surface area contributed by atoms with Crippen molar-refractivity contribution in [2.75, 3.05) is 0 Å². The summed E-state index contributed by atoms with van der Waals surface area (Å²) in [5.74, 6) is -0.100. The van der Waals surface area contributed by atoms with Crippen LogP contribution in [-0.4, -0.2) is 16.1 Å². The summed E-state index contributed by atoms with van der Waals surface area (Å²) in [6.07, 6.45) is 3.97. The van der Waals surface area contributed by atoms with Crippen LogP contribution in [0.2, 0.25) is 0 Å². The highest BCUT2D eigenvalue weighted by Gasteiger charge is 2.55. The van der Waals surface area contributed by atoms with E-state index in [1.807, 2.05) is 0 Å². The Morgan fingerprint density at radius 3 is 2.79 bits per heavy atom. The first-order valence-electron chi connectivity index (χ1n) is 4.91. The summed E-state index contributed by atoms with van der Waals surface area (Å²) >= 11 is 1.52. The van der Waals surface area contributed by atoms with Gasteiger partial charge in [0.15, 0.2) is 0 Å². The predicted molar refractivity (Wildman–Crippen MR) is 52.6 cm³/mol. The molecule has 2 aliphatic carbocycles. The fourth-order valence-corrected chi connectivity index (χ4v) is 3.05. The standard InChI is InChI=1S/C10H11NO2S/c12-9(13)10(3-4-10)8-7(6-1-2-6)11-5-14-8/h5-6H,1-4H2,(H,12,13). The molecule has 2 aliphatic rings. The van der Waals surface area contributed by atoms with Crippen LogP contribution in [0.1, 0.15) is 42.2 Å². The minimum atomic E-state index is -0.663. The van der Waals surface area contributed by atoms with Crippen LogP contribution in [0.5, 0.6) is 0 Å². The maximum Gasteiger partial charge on any atom is 0.315 e. The fraction of sp³-hybridized carbons (Fsp3) is 0.600.